The van der Waals surface area contributed by atoms with Crippen molar-refractivity contribution in [1.82, 2.24) is 15.1 Å². The summed E-state index contributed by atoms with van der Waals surface area (Å²) in [6, 6.07) is 1.10. The van der Waals surface area contributed by atoms with E-state index in [1.165, 1.54) is 25.7 Å². The molecule has 0 aromatic rings. The van der Waals surface area contributed by atoms with Crippen LogP contribution in [0, 0.1) is 5.92 Å². The SMILES string of the molecule is CN1CCC(N(C)CC(NC2CC2)(C(N)=O)C2CC2)CC1. The zero-order valence-electron chi connectivity index (χ0n) is 13.5. The van der Waals surface area contributed by atoms with Crippen molar-refractivity contribution in [2.75, 3.05) is 33.7 Å². The first-order chi connectivity index (χ1) is 10.0. The maximum atomic E-state index is 12.3. The average molecular weight is 294 g/mol. The van der Waals surface area contributed by atoms with Gasteiger partial charge in [0.25, 0.3) is 0 Å². The van der Waals surface area contributed by atoms with Crippen molar-refractivity contribution in [3.8, 4) is 0 Å². The molecule has 5 heteroatoms. The number of carbonyl (C=O) groups is 1. The smallest absolute Gasteiger partial charge is 0.239 e. The summed E-state index contributed by atoms with van der Waals surface area (Å²) in [6.07, 6.45) is 7.05. The van der Waals surface area contributed by atoms with Crippen LogP contribution in [0.5, 0.6) is 0 Å². The van der Waals surface area contributed by atoms with Crippen LogP contribution >= 0.6 is 0 Å². The molecule has 0 aromatic carbocycles. The predicted octanol–water partition coefficient (Wildman–Crippen LogP) is 0.399. The summed E-state index contributed by atoms with van der Waals surface area (Å²) in [5.41, 5.74) is 5.37. The Labute approximate surface area is 128 Å². The van der Waals surface area contributed by atoms with Gasteiger partial charge in [0.2, 0.25) is 5.91 Å². The van der Waals surface area contributed by atoms with E-state index < -0.39 is 5.54 Å². The summed E-state index contributed by atoms with van der Waals surface area (Å²) in [5, 5.41) is 3.62. The molecular formula is C16H30N4O. The summed E-state index contributed by atoms with van der Waals surface area (Å²) in [7, 11) is 4.35. The predicted molar refractivity (Wildman–Crippen MR) is 84.0 cm³/mol. The van der Waals surface area contributed by atoms with Crippen molar-refractivity contribution in [1.29, 1.82) is 0 Å². The highest BCUT2D eigenvalue weighted by Crippen LogP contribution is 2.42. The van der Waals surface area contributed by atoms with E-state index in [0.29, 0.717) is 18.0 Å². The van der Waals surface area contributed by atoms with Gasteiger partial charge in [0, 0.05) is 18.6 Å². The second kappa shape index (κ2) is 5.86. The minimum Gasteiger partial charge on any atom is -0.368 e. The lowest BCUT2D eigenvalue weighted by atomic mass is 9.89. The molecule has 1 heterocycles. The summed E-state index contributed by atoms with van der Waals surface area (Å²) in [6.45, 7) is 3.08. The van der Waals surface area contributed by atoms with Crippen LogP contribution < -0.4 is 11.1 Å². The molecule has 1 atom stereocenters. The first-order valence-corrected chi connectivity index (χ1v) is 8.47. The number of primary amides is 1. The van der Waals surface area contributed by atoms with Crippen molar-refractivity contribution < 1.29 is 4.79 Å². The minimum absolute atomic E-state index is 0.142. The number of nitrogens with two attached hydrogens (primary N) is 1. The summed E-state index contributed by atoms with van der Waals surface area (Å²) >= 11 is 0. The monoisotopic (exact) mass is 294 g/mol. The number of rotatable bonds is 7. The van der Waals surface area contributed by atoms with Crippen LogP contribution in [0.25, 0.3) is 0 Å². The van der Waals surface area contributed by atoms with E-state index in [4.69, 9.17) is 5.73 Å². The van der Waals surface area contributed by atoms with Crippen LogP contribution in [0.1, 0.15) is 38.5 Å². The molecule has 2 aliphatic carbocycles. The maximum absolute atomic E-state index is 12.3. The van der Waals surface area contributed by atoms with Gasteiger partial charge < -0.3 is 15.5 Å². The molecule has 3 N–H and O–H groups in total. The second-order valence-corrected chi connectivity index (χ2v) is 7.48. The van der Waals surface area contributed by atoms with Crippen molar-refractivity contribution in [3.05, 3.63) is 0 Å². The highest BCUT2D eigenvalue weighted by molar-refractivity contribution is 5.86. The lowest BCUT2D eigenvalue weighted by molar-refractivity contribution is -0.126. The third-order valence-electron chi connectivity index (χ3n) is 5.56. The van der Waals surface area contributed by atoms with Gasteiger partial charge in [-0.3, -0.25) is 10.1 Å². The quantitative estimate of drug-likeness (QED) is 0.713. The van der Waals surface area contributed by atoms with E-state index in [9.17, 15) is 4.79 Å². The molecule has 2 saturated carbocycles. The van der Waals surface area contributed by atoms with Gasteiger partial charge >= 0.3 is 0 Å². The van der Waals surface area contributed by atoms with E-state index in [1.807, 2.05) is 0 Å². The molecule has 1 unspecified atom stereocenters. The van der Waals surface area contributed by atoms with Crippen LogP contribution in [0.2, 0.25) is 0 Å². The van der Waals surface area contributed by atoms with Crippen LogP contribution in [-0.4, -0.2) is 67.1 Å². The van der Waals surface area contributed by atoms with Gasteiger partial charge in [-0.25, -0.2) is 0 Å². The number of likely N-dealkylation sites (tertiary alicyclic amines) is 1. The molecule has 0 aromatic heterocycles. The number of piperidine rings is 1. The van der Waals surface area contributed by atoms with E-state index in [0.717, 1.165) is 32.5 Å². The topological polar surface area (TPSA) is 61.6 Å². The van der Waals surface area contributed by atoms with Crippen molar-refractivity contribution in [3.63, 3.8) is 0 Å². The molecule has 21 heavy (non-hydrogen) atoms. The average Bonchev–Trinajstić information content (AvgIpc) is 3.31. The van der Waals surface area contributed by atoms with E-state index >= 15 is 0 Å². The zero-order valence-corrected chi connectivity index (χ0v) is 13.5. The Balaban J connectivity index is 1.66. The molecule has 3 fully saturated rings. The molecule has 3 rings (SSSR count). The molecule has 5 nitrogen and oxygen atoms in total. The molecule has 120 valence electrons. The number of hydrogen-bond acceptors (Lipinski definition) is 4. The fourth-order valence-electron chi connectivity index (χ4n) is 3.77. The van der Waals surface area contributed by atoms with Crippen LogP contribution in [0.15, 0.2) is 0 Å². The zero-order chi connectivity index (χ0) is 15.0. The molecule has 1 saturated heterocycles. The number of nitrogens with one attached hydrogen (secondary N) is 1. The Bertz CT molecular complexity index is 386. The highest BCUT2D eigenvalue weighted by Gasteiger charge is 2.52. The largest absolute Gasteiger partial charge is 0.368 e. The third-order valence-corrected chi connectivity index (χ3v) is 5.56. The normalized spacial score (nSPS) is 27.8. The lowest BCUT2D eigenvalue weighted by Gasteiger charge is -2.41. The molecule has 1 aliphatic heterocycles. The van der Waals surface area contributed by atoms with Crippen LogP contribution in [0.3, 0.4) is 0 Å². The third kappa shape index (κ3) is 3.41. The minimum atomic E-state index is -0.487. The Hall–Kier alpha value is -0.650. The van der Waals surface area contributed by atoms with Gasteiger partial charge in [-0.1, -0.05) is 0 Å². The first kappa shape index (κ1) is 15.3. The standard InChI is InChI=1S/C16H30N4O/c1-19-9-7-14(8-10-19)20(2)11-16(15(17)21,12-3-4-12)18-13-5-6-13/h12-14,18H,3-11H2,1-2H3,(H2,17,21). The number of nitrogens with zero attached hydrogens (tertiary/aromatic N) is 2. The van der Waals surface area contributed by atoms with Gasteiger partial charge in [0.15, 0.2) is 0 Å². The van der Waals surface area contributed by atoms with Crippen molar-refractivity contribution in [2.45, 2.75) is 56.1 Å². The molecule has 0 spiro atoms. The Kier molecular flexibility index (Phi) is 4.26. The summed E-state index contributed by atoms with van der Waals surface area (Å²) in [4.78, 5) is 17.0. The highest BCUT2D eigenvalue weighted by atomic mass is 16.1. The van der Waals surface area contributed by atoms with Gasteiger partial charge in [-0.05, 0) is 71.6 Å². The number of hydrogen-bond donors (Lipinski definition) is 2. The molecule has 0 bridgehead atoms. The van der Waals surface area contributed by atoms with E-state index in [2.05, 4.69) is 29.2 Å². The van der Waals surface area contributed by atoms with E-state index in [-0.39, 0.29) is 5.91 Å². The molecule has 3 aliphatic rings. The Morgan fingerprint density at radius 2 is 1.86 bits per heavy atom. The Morgan fingerprint density at radius 1 is 1.24 bits per heavy atom. The number of likely N-dealkylation sites (N-methyl/N-ethyl adjacent to an activating group) is 1. The summed E-state index contributed by atoms with van der Waals surface area (Å²) < 4.78 is 0. The Morgan fingerprint density at radius 3 is 2.33 bits per heavy atom. The van der Waals surface area contributed by atoms with Crippen molar-refractivity contribution in [2.24, 2.45) is 11.7 Å². The maximum Gasteiger partial charge on any atom is 0.239 e. The fourth-order valence-corrected chi connectivity index (χ4v) is 3.77. The van der Waals surface area contributed by atoms with Gasteiger partial charge in [0.1, 0.15) is 5.54 Å². The molecular weight excluding hydrogens is 264 g/mol. The van der Waals surface area contributed by atoms with Gasteiger partial charge in [-0.2, -0.15) is 0 Å². The fraction of sp³-hybridized carbons (Fsp3) is 0.938. The first-order valence-electron chi connectivity index (χ1n) is 8.47. The van der Waals surface area contributed by atoms with Crippen LogP contribution in [-0.2, 0) is 4.79 Å². The second-order valence-electron chi connectivity index (χ2n) is 7.48. The van der Waals surface area contributed by atoms with Gasteiger partial charge in [0.05, 0.1) is 0 Å². The number of carbonyl (C=O) groups excluding carboxylic acids is 1. The van der Waals surface area contributed by atoms with E-state index in [1.54, 1.807) is 0 Å². The van der Waals surface area contributed by atoms with Crippen molar-refractivity contribution >= 4 is 5.91 Å². The lowest BCUT2D eigenvalue weighted by Crippen LogP contribution is -2.64. The number of amides is 1. The summed E-state index contributed by atoms with van der Waals surface area (Å²) in [5.74, 6) is 0.306. The molecule has 1 amide bonds. The van der Waals surface area contributed by atoms with Gasteiger partial charge in [-0.15, -0.1) is 0 Å². The van der Waals surface area contributed by atoms with Crippen LogP contribution in [0.4, 0.5) is 0 Å². The molecule has 0 radical (unpaired) electrons.